The Morgan fingerprint density at radius 2 is 1.97 bits per heavy atom. The fourth-order valence-electron chi connectivity index (χ4n) is 3.67. The number of anilines is 2. The minimum atomic E-state index is -0.605. The zero-order valence-corrected chi connectivity index (χ0v) is 16.7. The van der Waals surface area contributed by atoms with Crippen molar-refractivity contribution in [3.63, 3.8) is 0 Å². The molecule has 1 fully saturated rings. The van der Waals surface area contributed by atoms with Crippen LogP contribution in [0.25, 0.3) is 0 Å². The fourth-order valence-corrected chi connectivity index (χ4v) is 3.67. The molecule has 1 aliphatic heterocycles. The summed E-state index contributed by atoms with van der Waals surface area (Å²) in [5, 5.41) is 16.1. The van der Waals surface area contributed by atoms with E-state index in [1.807, 2.05) is 30.3 Å². The Balaban J connectivity index is 1.65. The van der Waals surface area contributed by atoms with Crippen LogP contribution in [0.2, 0.25) is 0 Å². The Morgan fingerprint density at radius 1 is 1.21 bits per heavy atom. The van der Waals surface area contributed by atoms with Gasteiger partial charge in [-0.2, -0.15) is 0 Å². The van der Waals surface area contributed by atoms with Gasteiger partial charge in [-0.3, -0.25) is 4.79 Å². The third kappa shape index (κ3) is 5.26. The van der Waals surface area contributed by atoms with Crippen LogP contribution >= 0.6 is 0 Å². The summed E-state index contributed by atoms with van der Waals surface area (Å²) in [7, 11) is 1.51. The van der Waals surface area contributed by atoms with Gasteiger partial charge in [-0.1, -0.05) is 30.3 Å². The van der Waals surface area contributed by atoms with Crippen LogP contribution in [0.3, 0.4) is 0 Å². The summed E-state index contributed by atoms with van der Waals surface area (Å²) in [6.45, 7) is 2.08. The number of urea groups is 1. The van der Waals surface area contributed by atoms with Gasteiger partial charge in [-0.05, 0) is 37.0 Å². The lowest BCUT2D eigenvalue weighted by atomic mass is 10.0. The molecule has 2 aromatic rings. The Morgan fingerprint density at radius 3 is 2.66 bits per heavy atom. The van der Waals surface area contributed by atoms with Crippen molar-refractivity contribution in [1.29, 1.82) is 0 Å². The van der Waals surface area contributed by atoms with Gasteiger partial charge in [-0.15, -0.1) is 0 Å². The zero-order chi connectivity index (χ0) is 20.8. The van der Waals surface area contributed by atoms with E-state index in [0.29, 0.717) is 30.1 Å². The van der Waals surface area contributed by atoms with E-state index >= 15 is 0 Å². The molecule has 7 heteroatoms. The number of amides is 3. The van der Waals surface area contributed by atoms with Gasteiger partial charge in [-0.25, -0.2) is 4.79 Å². The molecule has 0 unspecified atom stereocenters. The second kappa shape index (κ2) is 9.43. The summed E-state index contributed by atoms with van der Waals surface area (Å²) in [4.78, 5) is 25.9. The highest BCUT2D eigenvalue weighted by molar-refractivity contribution is 5.93. The fraction of sp³-hybridized carbons (Fsp3) is 0.364. The molecule has 2 aromatic carbocycles. The molecule has 154 valence electrons. The van der Waals surface area contributed by atoms with E-state index in [1.165, 1.54) is 14.0 Å². The number of carbonyl (C=O) groups is 2. The second-order valence-corrected chi connectivity index (χ2v) is 7.18. The third-order valence-corrected chi connectivity index (χ3v) is 5.08. The topological polar surface area (TPSA) is 90.9 Å². The highest BCUT2D eigenvalue weighted by Crippen LogP contribution is 2.30. The molecule has 1 heterocycles. The maximum atomic E-state index is 12.8. The summed E-state index contributed by atoms with van der Waals surface area (Å²) in [5.74, 6) is 0.271. The lowest BCUT2D eigenvalue weighted by molar-refractivity contribution is -0.114. The Hall–Kier alpha value is -3.06. The van der Waals surface area contributed by atoms with Crippen LogP contribution in [0.4, 0.5) is 16.2 Å². The number of likely N-dealkylation sites (tertiary alicyclic amines) is 1. The first kappa shape index (κ1) is 20.7. The Kier molecular flexibility index (Phi) is 6.72. The molecule has 3 rings (SSSR count). The predicted octanol–water partition coefficient (Wildman–Crippen LogP) is 3.77. The molecule has 0 aliphatic carbocycles. The van der Waals surface area contributed by atoms with Crippen LogP contribution in [0.15, 0.2) is 48.5 Å². The Labute approximate surface area is 170 Å². The summed E-state index contributed by atoms with van der Waals surface area (Å²) in [5.41, 5.74) is 1.98. The SMILES string of the molecule is COc1cc(NC(=O)N2CCC[C@H]2C[C@H](O)c2ccccc2)ccc1NC(C)=O. The van der Waals surface area contributed by atoms with Crippen molar-refractivity contribution in [2.75, 3.05) is 24.3 Å². The lowest BCUT2D eigenvalue weighted by Gasteiger charge is -2.27. The van der Waals surface area contributed by atoms with Crippen molar-refractivity contribution >= 4 is 23.3 Å². The second-order valence-electron chi connectivity index (χ2n) is 7.18. The van der Waals surface area contributed by atoms with Crippen LogP contribution < -0.4 is 15.4 Å². The molecule has 3 amide bonds. The molecule has 1 saturated heterocycles. The van der Waals surface area contributed by atoms with Crippen LogP contribution in [-0.4, -0.2) is 41.6 Å². The first-order chi connectivity index (χ1) is 14.0. The molecule has 0 spiro atoms. The quantitative estimate of drug-likeness (QED) is 0.692. The molecule has 0 radical (unpaired) electrons. The van der Waals surface area contributed by atoms with Crippen LogP contribution in [0, 0.1) is 0 Å². The van der Waals surface area contributed by atoms with Crippen molar-refractivity contribution in [3.05, 3.63) is 54.1 Å². The number of aliphatic hydroxyl groups excluding tert-OH is 1. The maximum absolute atomic E-state index is 12.8. The van der Waals surface area contributed by atoms with Crippen molar-refractivity contribution in [2.45, 2.75) is 38.3 Å². The molecular weight excluding hydrogens is 370 g/mol. The van der Waals surface area contributed by atoms with Crippen LogP contribution in [0.1, 0.15) is 37.9 Å². The van der Waals surface area contributed by atoms with Gasteiger partial charge >= 0.3 is 6.03 Å². The van der Waals surface area contributed by atoms with Gasteiger partial charge < -0.3 is 25.4 Å². The molecule has 29 heavy (non-hydrogen) atoms. The van der Waals surface area contributed by atoms with E-state index in [1.54, 1.807) is 23.1 Å². The predicted molar refractivity (Wildman–Crippen MR) is 112 cm³/mol. The first-order valence-electron chi connectivity index (χ1n) is 9.74. The highest BCUT2D eigenvalue weighted by atomic mass is 16.5. The number of nitrogens with zero attached hydrogens (tertiary/aromatic N) is 1. The van der Waals surface area contributed by atoms with Gasteiger partial charge in [0.1, 0.15) is 5.75 Å². The normalized spacial score (nSPS) is 16.9. The van der Waals surface area contributed by atoms with Crippen molar-refractivity contribution in [2.24, 2.45) is 0 Å². The van der Waals surface area contributed by atoms with Gasteiger partial charge in [0.05, 0.1) is 18.9 Å². The van der Waals surface area contributed by atoms with Crippen LogP contribution in [-0.2, 0) is 4.79 Å². The molecule has 3 N–H and O–H groups in total. The summed E-state index contributed by atoms with van der Waals surface area (Å²) < 4.78 is 5.30. The lowest BCUT2D eigenvalue weighted by Crippen LogP contribution is -2.39. The minimum absolute atomic E-state index is 0.0224. The van der Waals surface area contributed by atoms with E-state index in [-0.39, 0.29) is 18.0 Å². The van der Waals surface area contributed by atoms with Gasteiger partial charge in [0.15, 0.2) is 0 Å². The number of ether oxygens (including phenoxy) is 1. The summed E-state index contributed by atoms with van der Waals surface area (Å²) >= 11 is 0. The number of hydrogen-bond donors (Lipinski definition) is 3. The van der Waals surface area contributed by atoms with E-state index in [4.69, 9.17) is 4.74 Å². The van der Waals surface area contributed by atoms with E-state index in [0.717, 1.165) is 18.4 Å². The van der Waals surface area contributed by atoms with E-state index < -0.39 is 6.10 Å². The molecular formula is C22H27N3O4. The molecule has 2 atom stereocenters. The number of methoxy groups -OCH3 is 1. The number of nitrogens with one attached hydrogen (secondary N) is 2. The summed E-state index contributed by atoms with van der Waals surface area (Å²) in [6.07, 6.45) is 1.67. The van der Waals surface area contributed by atoms with E-state index in [2.05, 4.69) is 10.6 Å². The number of benzene rings is 2. The molecule has 1 aliphatic rings. The average molecular weight is 397 g/mol. The van der Waals surface area contributed by atoms with Gasteiger partial charge in [0.2, 0.25) is 5.91 Å². The van der Waals surface area contributed by atoms with Crippen molar-refractivity contribution in [1.82, 2.24) is 4.90 Å². The van der Waals surface area contributed by atoms with E-state index in [9.17, 15) is 14.7 Å². The number of aliphatic hydroxyl groups is 1. The molecule has 7 nitrogen and oxygen atoms in total. The highest BCUT2D eigenvalue weighted by Gasteiger charge is 2.30. The molecule has 0 aromatic heterocycles. The number of rotatable bonds is 6. The summed E-state index contributed by atoms with van der Waals surface area (Å²) in [6, 6.07) is 14.4. The standard InChI is InChI=1S/C22H27N3O4/c1-15(26)23-19-11-10-17(13-21(19)29-2)24-22(28)25-12-6-9-18(25)14-20(27)16-7-4-3-5-8-16/h3-5,7-8,10-11,13,18,20,27H,6,9,12,14H2,1-2H3,(H,23,26)(H,24,28)/t18-,20-/m0/s1. The zero-order valence-electron chi connectivity index (χ0n) is 16.7. The van der Waals surface area contributed by atoms with Crippen LogP contribution in [0.5, 0.6) is 5.75 Å². The molecule has 0 saturated carbocycles. The number of hydrogen-bond acceptors (Lipinski definition) is 4. The average Bonchev–Trinajstić information content (AvgIpc) is 3.17. The Bertz CT molecular complexity index is 856. The monoisotopic (exact) mass is 397 g/mol. The smallest absolute Gasteiger partial charge is 0.322 e. The van der Waals surface area contributed by atoms with Gasteiger partial charge in [0, 0.05) is 31.3 Å². The minimum Gasteiger partial charge on any atom is -0.494 e. The first-order valence-corrected chi connectivity index (χ1v) is 9.74. The maximum Gasteiger partial charge on any atom is 0.322 e. The van der Waals surface area contributed by atoms with Gasteiger partial charge in [0.25, 0.3) is 0 Å². The van der Waals surface area contributed by atoms with Crippen molar-refractivity contribution < 1.29 is 19.4 Å². The third-order valence-electron chi connectivity index (χ3n) is 5.08. The molecule has 0 bridgehead atoms. The largest absolute Gasteiger partial charge is 0.494 e. The van der Waals surface area contributed by atoms with Crippen molar-refractivity contribution in [3.8, 4) is 5.75 Å². The number of carbonyl (C=O) groups excluding carboxylic acids is 2.